The molecule has 1 saturated heterocycles. The Kier molecular flexibility index (Phi) is 3.32. The molecule has 7 nitrogen and oxygen atoms in total. The summed E-state index contributed by atoms with van der Waals surface area (Å²) in [4.78, 5) is 31.7. The summed E-state index contributed by atoms with van der Waals surface area (Å²) >= 11 is 0. The standard InChI is InChI=1S/C14H14FN3O4/c15-8-5-9(11-10(6-8)16-7-17-11)12(19)18-3-1-14(22,2-4-18)13(20)21/h5-7,22H,1-4H2,(H,16,17)(H,20,21). The minimum atomic E-state index is -1.81. The van der Waals surface area contributed by atoms with E-state index in [1.54, 1.807) is 0 Å². The molecule has 0 aliphatic carbocycles. The summed E-state index contributed by atoms with van der Waals surface area (Å²) in [5.41, 5.74) is -0.898. The molecule has 1 aromatic heterocycles. The average Bonchev–Trinajstić information content (AvgIpc) is 2.94. The Hall–Kier alpha value is -2.48. The number of nitrogens with zero attached hydrogens (tertiary/aromatic N) is 2. The number of H-pyrrole nitrogens is 1. The number of carbonyl (C=O) groups is 2. The van der Waals surface area contributed by atoms with Crippen molar-refractivity contribution in [3.05, 3.63) is 29.8 Å². The van der Waals surface area contributed by atoms with Crippen LogP contribution >= 0.6 is 0 Å². The second-order valence-corrected chi connectivity index (χ2v) is 5.38. The van der Waals surface area contributed by atoms with E-state index in [0.717, 1.165) is 6.07 Å². The average molecular weight is 307 g/mol. The van der Waals surface area contributed by atoms with E-state index in [4.69, 9.17) is 5.11 Å². The van der Waals surface area contributed by atoms with Gasteiger partial charge in [0.05, 0.1) is 17.4 Å². The van der Waals surface area contributed by atoms with Gasteiger partial charge in [0.15, 0.2) is 5.60 Å². The van der Waals surface area contributed by atoms with Crippen LogP contribution in [0.1, 0.15) is 23.2 Å². The van der Waals surface area contributed by atoms with Crippen LogP contribution in [0.15, 0.2) is 18.5 Å². The summed E-state index contributed by atoms with van der Waals surface area (Å²) in [6, 6.07) is 2.36. The number of hydrogen-bond donors (Lipinski definition) is 3. The summed E-state index contributed by atoms with van der Waals surface area (Å²) in [7, 11) is 0. The molecule has 1 aromatic carbocycles. The first-order valence-corrected chi connectivity index (χ1v) is 6.78. The van der Waals surface area contributed by atoms with Gasteiger partial charge in [-0.3, -0.25) is 4.79 Å². The summed E-state index contributed by atoms with van der Waals surface area (Å²) in [5, 5.41) is 18.9. The normalized spacial score (nSPS) is 17.6. The number of imidazole rings is 1. The van der Waals surface area contributed by atoms with Gasteiger partial charge < -0.3 is 20.1 Å². The lowest BCUT2D eigenvalue weighted by atomic mass is 9.91. The molecule has 1 aliphatic heterocycles. The molecule has 1 aliphatic rings. The molecule has 0 radical (unpaired) electrons. The van der Waals surface area contributed by atoms with Gasteiger partial charge in [-0.15, -0.1) is 0 Å². The number of carboxylic acid groups (broad SMARTS) is 1. The first kappa shape index (κ1) is 14.5. The molecular formula is C14H14FN3O4. The first-order chi connectivity index (χ1) is 10.4. The molecule has 0 unspecified atom stereocenters. The third-order valence-electron chi connectivity index (χ3n) is 3.99. The number of amides is 1. The number of carboxylic acids is 1. The molecule has 2 heterocycles. The number of hydrogen-bond acceptors (Lipinski definition) is 4. The summed E-state index contributed by atoms with van der Waals surface area (Å²) in [5.74, 6) is -2.27. The quantitative estimate of drug-likeness (QED) is 0.759. The highest BCUT2D eigenvalue weighted by atomic mass is 19.1. The van der Waals surface area contributed by atoms with E-state index >= 15 is 0 Å². The van der Waals surface area contributed by atoms with E-state index in [2.05, 4.69) is 9.97 Å². The second kappa shape index (κ2) is 5.06. The maximum absolute atomic E-state index is 13.6. The lowest BCUT2D eigenvalue weighted by molar-refractivity contribution is -0.162. The van der Waals surface area contributed by atoms with Crippen LogP contribution in [-0.4, -0.2) is 55.6 Å². The fourth-order valence-electron chi connectivity index (χ4n) is 2.64. The number of aromatic amines is 1. The van der Waals surface area contributed by atoms with Crippen molar-refractivity contribution in [2.75, 3.05) is 13.1 Å². The molecular weight excluding hydrogens is 293 g/mol. The van der Waals surface area contributed by atoms with Gasteiger partial charge in [0, 0.05) is 25.9 Å². The monoisotopic (exact) mass is 307 g/mol. The number of piperidine rings is 1. The zero-order chi connectivity index (χ0) is 15.9. The largest absolute Gasteiger partial charge is 0.479 e. The van der Waals surface area contributed by atoms with Crippen LogP contribution in [0.4, 0.5) is 4.39 Å². The van der Waals surface area contributed by atoms with Gasteiger partial charge >= 0.3 is 5.97 Å². The number of aromatic nitrogens is 2. The molecule has 0 atom stereocenters. The first-order valence-electron chi connectivity index (χ1n) is 6.78. The number of fused-ring (bicyclic) bond motifs is 1. The highest BCUT2D eigenvalue weighted by Gasteiger charge is 2.40. The van der Waals surface area contributed by atoms with Crippen molar-refractivity contribution in [1.82, 2.24) is 14.9 Å². The molecule has 0 spiro atoms. The maximum atomic E-state index is 13.6. The predicted molar refractivity (Wildman–Crippen MR) is 73.8 cm³/mol. The predicted octanol–water partition coefficient (Wildman–Crippen LogP) is 0.754. The van der Waals surface area contributed by atoms with Gasteiger partial charge in [-0.05, 0) is 12.1 Å². The Bertz CT molecular complexity index is 750. The minimum absolute atomic E-state index is 0.0624. The Balaban J connectivity index is 1.86. The molecule has 3 N–H and O–H groups in total. The fraction of sp³-hybridized carbons (Fsp3) is 0.357. The molecule has 1 amide bonds. The highest BCUT2D eigenvalue weighted by Crippen LogP contribution is 2.25. The summed E-state index contributed by atoms with van der Waals surface area (Å²) < 4.78 is 13.6. The Morgan fingerprint density at radius 3 is 2.64 bits per heavy atom. The molecule has 116 valence electrons. The Morgan fingerprint density at radius 2 is 2.00 bits per heavy atom. The van der Waals surface area contributed by atoms with Crippen molar-refractivity contribution >= 4 is 22.9 Å². The number of aliphatic carboxylic acids is 1. The number of likely N-dealkylation sites (tertiary alicyclic amines) is 1. The number of halogens is 1. The van der Waals surface area contributed by atoms with E-state index < -0.39 is 23.3 Å². The van der Waals surface area contributed by atoms with E-state index in [1.807, 2.05) is 0 Å². The van der Waals surface area contributed by atoms with Crippen LogP contribution < -0.4 is 0 Å². The van der Waals surface area contributed by atoms with Crippen LogP contribution in [-0.2, 0) is 4.79 Å². The van der Waals surface area contributed by atoms with E-state index in [1.165, 1.54) is 17.3 Å². The van der Waals surface area contributed by atoms with Crippen molar-refractivity contribution in [1.29, 1.82) is 0 Å². The van der Waals surface area contributed by atoms with Gasteiger partial charge in [-0.25, -0.2) is 14.2 Å². The number of benzene rings is 1. The van der Waals surface area contributed by atoms with E-state index in [-0.39, 0.29) is 31.5 Å². The molecule has 0 saturated carbocycles. The lowest BCUT2D eigenvalue weighted by Gasteiger charge is -2.35. The van der Waals surface area contributed by atoms with E-state index in [9.17, 15) is 19.1 Å². The van der Waals surface area contributed by atoms with Crippen LogP contribution in [0.25, 0.3) is 11.0 Å². The number of carbonyl (C=O) groups excluding carboxylic acids is 1. The SMILES string of the molecule is O=C(c1cc(F)cc2[nH]cnc12)N1CCC(O)(C(=O)O)CC1. The lowest BCUT2D eigenvalue weighted by Crippen LogP contribution is -2.50. The van der Waals surface area contributed by atoms with Gasteiger partial charge in [0.25, 0.3) is 5.91 Å². The molecule has 0 bridgehead atoms. The molecule has 1 fully saturated rings. The third kappa shape index (κ3) is 2.31. The smallest absolute Gasteiger partial charge is 0.335 e. The van der Waals surface area contributed by atoms with Gasteiger partial charge in [0.2, 0.25) is 0 Å². The van der Waals surface area contributed by atoms with Gasteiger partial charge in [-0.1, -0.05) is 0 Å². The van der Waals surface area contributed by atoms with Crippen LogP contribution in [0.2, 0.25) is 0 Å². The second-order valence-electron chi connectivity index (χ2n) is 5.38. The van der Waals surface area contributed by atoms with Gasteiger partial charge in [0.1, 0.15) is 11.3 Å². The molecule has 8 heteroatoms. The van der Waals surface area contributed by atoms with Crippen molar-refractivity contribution in [3.8, 4) is 0 Å². The zero-order valence-electron chi connectivity index (χ0n) is 11.5. The highest BCUT2D eigenvalue weighted by molar-refractivity contribution is 6.04. The van der Waals surface area contributed by atoms with Crippen LogP contribution in [0.5, 0.6) is 0 Å². The number of nitrogens with one attached hydrogen (secondary N) is 1. The molecule has 22 heavy (non-hydrogen) atoms. The van der Waals surface area contributed by atoms with Crippen molar-refractivity contribution < 1.29 is 24.2 Å². The zero-order valence-corrected chi connectivity index (χ0v) is 11.5. The number of rotatable bonds is 2. The van der Waals surface area contributed by atoms with E-state index in [0.29, 0.717) is 11.0 Å². The third-order valence-corrected chi connectivity index (χ3v) is 3.99. The van der Waals surface area contributed by atoms with Crippen LogP contribution in [0.3, 0.4) is 0 Å². The maximum Gasteiger partial charge on any atom is 0.335 e. The summed E-state index contributed by atoms with van der Waals surface area (Å²) in [6.45, 7) is 0.175. The minimum Gasteiger partial charge on any atom is -0.479 e. The van der Waals surface area contributed by atoms with Crippen molar-refractivity contribution in [2.24, 2.45) is 0 Å². The topological polar surface area (TPSA) is 107 Å². The van der Waals surface area contributed by atoms with Crippen LogP contribution in [0, 0.1) is 5.82 Å². The Labute approximate surface area is 124 Å². The van der Waals surface area contributed by atoms with Crippen molar-refractivity contribution in [2.45, 2.75) is 18.4 Å². The van der Waals surface area contributed by atoms with Crippen molar-refractivity contribution in [3.63, 3.8) is 0 Å². The molecule has 3 rings (SSSR count). The Morgan fingerprint density at radius 1 is 1.32 bits per heavy atom. The summed E-state index contributed by atoms with van der Waals surface area (Å²) in [6.07, 6.45) is 1.25. The number of aliphatic hydroxyl groups is 1. The van der Waals surface area contributed by atoms with Gasteiger partial charge in [-0.2, -0.15) is 0 Å². The molecule has 2 aromatic rings. The fourth-order valence-corrected chi connectivity index (χ4v) is 2.64.